The summed E-state index contributed by atoms with van der Waals surface area (Å²) in [6.45, 7) is 5.82. The van der Waals surface area contributed by atoms with Gasteiger partial charge in [0, 0.05) is 22.5 Å². The molecule has 1 unspecified atom stereocenters. The Hall–Kier alpha value is -3.03. The SMILES string of the molecule is CC(C)(C)C[C@@H]1NC(C(=O)Nc2ccc(C(=O)O)s2)[C@H](c2cccc(Cl)c2F)[C@@]1(C#N)c1ccc(Cl)cc1F. The number of benzene rings is 2. The molecule has 11 heteroatoms. The van der Waals surface area contributed by atoms with Crippen molar-refractivity contribution >= 4 is 51.4 Å². The lowest BCUT2D eigenvalue weighted by Crippen LogP contribution is -2.44. The number of carboxylic acid groups (broad SMARTS) is 1. The van der Waals surface area contributed by atoms with Gasteiger partial charge in [0.15, 0.2) is 0 Å². The summed E-state index contributed by atoms with van der Waals surface area (Å²) < 4.78 is 31.3. The Bertz CT molecular complexity index is 1480. The first-order chi connectivity index (χ1) is 18.3. The van der Waals surface area contributed by atoms with E-state index in [-0.39, 0.29) is 36.5 Å². The third kappa shape index (κ3) is 5.52. The van der Waals surface area contributed by atoms with E-state index in [0.717, 1.165) is 17.4 Å². The fourth-order valence-corrected chi connectivity index (χ4v) is 6.36. The van der Waals surface area contributed by atoms with Crippen molar-refractivity contribution in [1.82, 2.24) is 5.32 Å². The van der Waals surface area contributed by atoms with Crippen molar-refractivity contribution in [3.63, 3.8) is 0 Å². The molecule has 1 amide bonds. The number of thiophene rings is 1. The summed E-state index contributed by atoms with van der Waals surface area (Å²) in [7, 11) is 0. The summed E-state index contributed by atoms with van der Waals surface area (Å²) in [4.78, 5) is 25.1. The van der Waals surface area contributed by atoms with Crippen molar-refractivity contribution in [1.29, 1.82) is 5.26 Å². The highest BCUT2D eigenvalue weighted by Crippen LogP contribution is 2.53. The first-order valence-electron chi connectivity index (χ1n) is 12.0. The molecule has 0 radical (unpaired) electrons. The van der Waals surface area contributed by atoms with Crippen LogP contribution >= 0.6 is 34.5 Å². The summed E-state index contributed by atoms with van der Waals surface area (Å²) in [5, 5.41) is 26.2. The minimum absolute atomic E-state index is 0.0160. The number of nitrogens with one attached hydrogen (secondary N) is 2. The van der Waals surface area contributed by atoms with Gasteiger partial charge < -0.3 is 15.7 Å². The number of hydrogen-bond donors (Lipinski definition) is 3. The number of amides is 1. The van der Waals surface area contributed by atoms with E-state index in [1.54, 1.807) is 0 Å². The van der Waals surface area contributed by atoms with Crippen LogP contribution in [0.5, 0.6) is 0 Å². The van der Waals surface area contributed by atoms with Crippen molar-refractivity contribution < 1.29 is 23.5 Å². The fraction of sp³-hybridized carbons (Fsp3) is 0.321. The molecule has 1 aliphatic rings. The maximum Gasteiger partial charge on any atom is 0.345 e. The van der Waals surface area contributed by atoms with Gasteiger partial charge in [-0.15, -0.1) is 11.3 Å². The molecule has 39 heavy (non-hydrogen) atoms. The first kappa shape index (κ1) is 29.0. The molecule has 1 saturated heterocycles. The predicted octanol–water partition coefficient (Wildman–Crippen LogP) is 6.99. The summed E-state index contributed by atoms with van der Waals surface area (Å²) in [6.07, 6.45) is 0.327. The molecular weight excluding hydrogens is 567 g/mol. The number of carbonyl (C=O) groups is 2. The quantitative estimate of drug-likeness (QED) is 0.286. The number of anilines is 1. The van der Waals surface area contributed by atoms with Gasteiger partial charge in [-0.1, -0.05) is 62.2 Å². The number of nitrogens with zero attached hydrogens (tertiary/aromatic N) is 1. The number of rotatable bonds is 6. The molecule has 0 spiro atoms. The van der Waals surface area contributed by atoms with Crippen LogP contribution in [0.4, 0.5) is 13.8 Å². The van der Waals surface area contributed by atoms with E-state index in [2.05, 4.69) is 16.7 Å². The highest BCUT2D eigenvalue weighted by molar-refractivity contribution is 7.18. The van der Waals surface area contributed by atoms with Crippen LogP contribution in [0.3, 0.4) is 0 Å². The minimum Gasteiger partial charge on any atom is -0.477 e. The Balaban J connectivity index is 1.94. The van der Waals surface area contributed by atoms with Crippen LogP contribution in [0.1, 0.15) is 53.9 Å². The third-order valence-corrected chi connectivity index (χ3v) is 8.31. The van der Waals surface area contributed by atoms with E-state index < -0.39 is 46.9 Å². The lowest BCUT2D eigenvalue weighted by molar-refractivity contribution is -0.118. The number of hydrogen-bond acceptors (Lipinski definition) is 5. The maximum atomic E-state index is 15.7. The molecule has 4 atom stereocenters. The average Bonchev–Trinajstić information content (AvgIpc) is 3.43. The van der Waals surface area contributed by atoms with Crippen LogP contribution in [0.2, 0.25) is 10.0 Å². The van der Waals surface area contributed by atoms with Crippen molar-refractivity contribution in [2.24, 2.45) is 5.41 Å². The molecule has 3 N–H and O–H groups in total. The number of carboxylic acids is 1. The Kier molecular flexibility index (Phi) is 8.06. The van der Waals surface area contributed by atoms with E-state index in [9.17, 15) is 20.0 Å². The second-order valence-electron chi connectivity index (χ2n) is 10.6. The molecule has 3 aromatic rings. The van der Waals surface area contributed by atoms with Gasteiger partial charge in [-0.2, -0.15) is 5.26 Å². The standard InChI is InChI=1S/C28H25Cl2F2N3O3S/c1-27(2,3)12-20-28(13-33,16-8-7-14(29)11-18(16)31)22(15-5-4-6-17(30)23(15)32)24(34-20)25(36)35-21-10-9-19(39-21)26(37)38/h4-11,20,22,24,34H,12H2,1-3H3,(H,35,36)(H,37,38)/t20-,22-,24?,28-/m0/s1. The van der Waals surface area contributed by atoms with Crippen LogP contribution in [0, 0.1) is 28.4 Å². The molecule has 2 aromatic carbocycles. The third-order valence-electron chi connectivity index (χ3n) is 6.79. The van der Waals surface area contributed by atoms with Gasteiger partial charge in [0.2, 0.25) is 5.91 Å². The monoisotopic (exact) mass is 591 g/mol. The zero-order valence-electron chi connectivity index (χ0n) is 21.2. The number of carbonyl (C=O) groups excluding carboxylic acids is 1. The molecule has 6 nitrogen and oxygen atoms in total. The highest BCUT2D eigenvalue weighted by Gasteiger charge is 2.61. The Morgan fingerprint density at radius 2 is 1.90 bits per heavy atom. The second-order valence-corrected chi connectivity index (χ2v) is 12.6. The smallest absolute Gasteiger partial charge is 0.345 e. The minimum atomic E-state index is -1.75. The molecule has 0 saturated carbocycles. The van der Waals surface area contributed by atoms with Crippen LogP contribution in [-0.2, 0) is 10.2 Å². The molecule has 0 bridgehead atoms. The van der Waals surface area contributed by atoms with Gasteiger partial charge in [0.05, 0.1) is 22.1 Å². The van der Waals surface area contributed by atoms with Crippen LogP contribution in [0.15, 0.2) is 48.5 Å². The fourth-order valence-electron chi connectivity index (χ4n) is 5.28. The number of halogens is 4. The molecule has 4 rings (SSSR count). The number of nitriles is 1. The normalized spacial score (nSPS) is 22.9. The lowest BCUT2D eigenvalue weighted by Gasteiger charge is -2.37. The van der Waals surface area contributed by atoms with Gasteiger partial charge in [-0.05, 0) is 47.7 Å². The van der Waals surface area contributed by atoms with Gasteiger partial charge in [-0.3, -0.25) is 4.79 Å². The molecule has 1 aliphatic heterocycles. The van der Waals surface area contributed by atoms with Gasteiger partial charge in [0.25, 0.3) is 0 Å². The Labute approximate surface area is 238 Å². The highest BCUT2D eigenvalue weighted by atomic mass is 35.5. The van der Waals surface area contributed by atoms with Gasteiger partial charge in [0.1, 0.15) is 21.9 Å². The van der Waals surface area contributed by atoms with E-state index >= 15 is 8.78 Å². The molecule has 2 heterocycles. The van der Waals surface area contributed by atoms with Crippen LogP contribution in [0.25, 0.3) is 0 Å². The summed E-state index contributed by atoms with van der Waals surface area (Å²) in [5.41, 5.74) is -2.19. The predicted molar refractivity (Wildman–Crippen MR) is 148 cm³/mol. The maximum absolute atomic E-state index is 15.7. The van der Waals surface area contributed by atoms with Crippen LogP contribution in [-0.4, -0.2) is 29.1 Å². The van der Waals surface area contributed by atoms with Crippen molar-refractivity contribution in [3.8, 4) is 6.07 Å². The summed E-state index contributed by atoms with van der Waals surface area (Å²) >= 11 is 13.0. The lowest BCUT2D eigenvalue weighted by atomic mass is 9.62. The van der Waals surface area contributed by atoms with E-state index in [0.29, 0.717) is 6.42 Å². The van der Waals surface area contributed by atoms with E-state index in [1.165, 1.54) is 42.5 Å². The molecule has 1 fully saturated rings. The Morgan fingerprint density at radius 1 is 1.18 bits per heavy atom. The summed E-state index contributed by atoms with van der Waals surface area (Å²) in [5.74, 6) is -4.59. The largest absolute Gasteiger partial charge is 0.477 e. The molecule has 1 aromatic heterocycles. The van der Waals surface area contributed by atoms with Gasteiger partial charge in [-0.25, -0.2) is 13.6 Å². The topological polar surface area (TPSA) is 102 Å². The second kappa shape index (κ2) is 10.9. The zero-order valence-corrected chi connectivity index (χ0v) is 23.5. The summed E-state index contributed by atoms with van der Waals surface area (Å²) in [6, 6.07) is 11.3. The molecular formula is C28H25Cl2F2N3O3S. The number of aromatic carboxylic acids is 1. The zero-order chi connectivity index (χ0) is 28.7. The average molecular weight is 592 g/mol. The van der Waals surface area contributed by atoms with Crippen molar-refractivity contribution in [2.45, 2.75) is 50.6 Å². The van der Waals surface area contributed by atoms with Gasteiger partial charge >= 0.3 is 5.97 Å². The molecule has 204 valence electrons. The van der Waals surface area contributed by atoms with Crippen molar-refractivity contribution in [2.75, 3.05) is 5.32 Å². The van der Waals surface area contributed by atoms with E-state index in [1.807, 2.05) is 20.8 Å². The Morgan fingerprint density at radius 3 is 2.49 bits per heavy atom. The van der Waals surface area contributed by atoms with Crippen molar-refractivity contribution in [3.05, 3.63) is 86.2 Å². The molecule has 0 aliphatic carbocycles. The van der Waals surface area contributed by atoms with E-state index in [4.69, 9.17) is 23.2 Å². The van der Waals surface area contributed by atoms with Crippen LogP contribution < -0.4 is 10.6 Å². The first-order valence-corrected chi connectivity index (χ1v) is 13.6.